The summed E-state index contributed by atoms with van der Waals surface area (Å²) < 4.78 is 0. The van der Waals surface area contributed by atoms with Crippen LogP contribution in [-0.2, 0) is 17.8 Å². The standard InChI is InChI=1S/C24H21NOS/c26-24(23-14-18-10-5-7-13-22(18)27-23)25-15-19-11-4-6-12-20(19)21(16-25)17-8-2-1-3-9-17/h1-13,21,23H,14-16H2. The van der Waals surface area contributed by atoms with Crippen LogP contribution < -0.4 is 0 Å². The predicted molar refractivity (Wildman–Crippen MR) is 110 cm³/mol. The topological polar surface area (TPSA) is 20.3 Å². The number of hydrogen-bond acceptors (Lipinski definition) is 2. The van der Waals surface area contributed by atoms with E-state index in [0.29, 0.717) is 6.54 Å². The van der Waals surface area contributed by atoms with Crippen LogP contribution in [-0.4, -0.2) is 22.6 Å². The van der Waals surface area contributed by atoms with E-state index >= 15 is 0 Å². The minimum atomic E-state index is 0.00378. The number of carbonyl (C=O) groups excluding carboxylic acids is 1. The molecule has 2 nitrogen and oxygen atoms in total. The van der Waals surface area contributed by atoms with E-state index in [1.807, 2.05) is 6.07 Å². The quantitative estimate of drug-likeness (QED) is 0.640. The van der Waals surface area contributed by atoms with Crippen LogP contribution >= 0.6 is 11.8 Å². The molecule has 2 unspecified atom stereocenters. The lowest BCUT2D eigenvalue weighted by atomic mass is 9.84. The molecule has 2 aliphatic heterocycles. The Balaban J connectivity index is 1.44. The second kappa shape index (κ2) is 6.90. The van der Waals surface area contributed by atoms with Crippen LogP contribution in [0, 0.1) is 0 Å². The maximum Gasteiger partial charge on any atom is 0.236 e. The molecule has 134 valence electrons. The Kier molecular flexibility index (Phi) is 4.25. The monoisotopic (exact) mass is 371 g/mol. The van der Waals surface area contributed by atoms with Gasteiger partial charge in [-0.25, -0.2) is 0 Å². The first-order chi connectivity index (χ1) is 13.3. The molecule has 0 bridgehead atoms. The van der Waals surface area contributed by atoms with E-state index in [0.717, 1.165) is 13.0 Å². The average molecular weight is 372 g/mol. The Morgan fingerprint density at radius 3 is 2.37 bits per heavy atom. The van der Waals surface area contributed by atoms with Crippen molar-refractivity contribution in [1.82, 2.24) is 4.90 Å². The van der Waals surface area contributed by atoms with E-state index in [1.165, 1.54) is 27.1 Å². The third-order valence-electron chi connectivity index (χ3n) is 5.63. The summed E-state index contributed by atoms with van der Waals surface area (Å²) in [5, 5.41) is 0.00378. The number of amides is 1. The third-order valence-corrected chi connectivity index (χ3v) is 6.94. The fraction of sp³-hybridized carbons (Fsp3) is 0.208. The summed E-state index contributed by atoms with van der Waals surface area (Å²) in [7, 11) is 0. The zero-order valence-electron chi connectivity index (χ0n) is 15.0. The highest BCUT2D eigenvalue weighted by Gasteiger charge is 2.35. The van der Waals surface area contributed by atoms with Crippen molar-refractivity contribution in [1.29, 1.82) is 0 Å². The van der Waals surface area contributed by atoms with Crippen LogP contribution in [0.3, 0.4) is 0 Å². The lowest BCUT2D eigenvalue weighted by molar-refractivity contribution is -0.131. The van der Waals surface area contributed by atoms with E-state index in [4.69, 9.17) is 0 Å². The van der Waals surface area contributed by atoms with Crippen LogP contribution in [0.1, 0.15) is 28.2 Å². The Labute approximate surface area is 164 Å². The van der Waals surface area contributed by atoms with Gasteiger partial charge in [0, 0.05) is 23.9 Å². The van der Waals surface area contributed by atoms with Crippen LogP contribution in [0.15, 0.2) is 83.8 Å². The molecule has 0 saturated heterocycles. The summed E-state index contributed by atoms with van der Waals surface area (Å²) in [6.45, 7) is 1.47. The molecule has 0 aliphatic carbocycles. The number of hydrogen-bond donors (Lipinski definition) is 0. The van der Waals surface area contributed by atoms with Gasteiger partial charge in [0.25, 0.3) is 0 Å². The third kappa shape index (κ3) is 3.06. The van der Waals surface area contributed by atoms with Gasteiger partial charge in [0.15, 0.2) is 0 Å². The molecule has 3 aromatic rings. The van der Waals surface area contributed by atoms with Crippen molar-refractivity contribution in [3.63, 3.8) is 0 Å². The highest BCUT2D eigenvalue weighted by atomic mass is 32.2. The number of fused-ring (bicyclic) bond motifs is 2. The fourth-order valence-corrected chi connectivity index (χ4v) is 5.55. The first kappa shape index (κ1) is 16.6. The molecule has 3 aromatic carbocycles. The van der Waals surface area contributed by atoms with Gasteiger partial charge in [0.1, 0.15) is 0 Å². The van der Waals surface area contributed by atoms with Crippen molar-refractivity contribution in [2.24, 2.45) is 0 Å². The van der Waals surface area contributed by atoms with Crippen molar-refractivity contribution in [2.45, 2.75) is 29.0 Å². The van der Waals surface area contributed by atoms with Gasteiger partial charge in [-0.05, 0) is 34.7 Å². The van der Waals surface area contributed by atoms with Gasteiger partial charge in [-0.1, -0.05) is 72.8 Å². The van der Waals surface area contributed by atoms with Gasteiger partial charge in [-0.3, -0.25) is 4.79 Å². The molecule has 0 aromatic heterocycles. The molecular formula is C24H21NOS. The minimum Gasteiger partial charge on any atom is -0.336 e. The molecule has 0 radical (unpaired) electrons. The first-order valence-corrected chi connectivity index (χ1v) is 10.3. The highest BCUT2D eigenvalue weighted by Crippen LogP contribution is 2.40. The molecule has 0 fully saturated rings. The summed E-state index contributed by atoms with van der Waals surface area (Å²) in [6, 6.07) is 27.5. The summed E-state index contributed by atoms with van der Waals surface area (Å²) in [5.41, 5.74) is 5.21. The van der Waals surface area contributed by atoms with E-state index < -0.39 is 0 Å². The minimum absolute atomic E-state index is 0.00378. The van der Waals surface area contributed by atoms with E-state index in [2.05, 4.69) is 77.7 Å². The molecule has 0 N–H and O–H groups in total. The van der Waals surface area contributed by atoms with Gasteiger partial charge < -0.3 is 4.90 Å². The molecule has 27 heavy (non-hydrogen) atoms. The van der Waals surface area contributed by atoms with Gasteiger partial charge in [-0.15, -0.1) is 11.8 Å². The Morgan fingerprint density at radius 2 is 1.56 bits per heavy atom. The second-order valence-electron chi connectivity index (χ2n) is 7.30. The maximum atomic E-state index is 13.4. The van der Waals surface area contributed by atoms with Crippen LogP contribution in [0.25, 0.3) is 0 Å². The molecule has 3 heteroatoms. The van der Waals surface area contributed by atoms with Crippen molar-refractivity contribution >= 4 is 17.7 Å². The number of rotatable bonds is 2. The van der Waals surface area contributed by atoms with Crippen LogP contribution in [0.4, 0.5) is 0 Å². The van der Waals surface area contributed by atoms with Crippen LogP contribution in [0.2, 0.25) is 0 Å². The van der Waals surface area contributed by atoms with Gasteiger partial charge in [-0.2, -0.15) is 0 Å². The number of nitrogens with zero attached hydrogens (tertiary/aromatic N) is 1. The lowest BCUT2D eigenvalue weighted by Gasteiger charge is -2.36. The Morgan fingerprint density at radius 1 is 0.852 bits per heavy atom. The lowest BCUT2D eigenvalue weighted by Crippen LogP contribution is -2.42. The van der Waals surface area contributed by atoms with Crippen molar-refractivity contribution in [2.75, 3.05) is 6.54 Å². The van der Waals surface area contributed by atoms with E-state index in [1.54, 1.807) is 11.8 Å². The largest absolute Gasteiger partial charge is 0.336 e. The van der Waals surface area contributed by atoms with Crippen molar-refractivity contribution < 1.29 is 4.79 Å². The van der Waals surface area contributed by atoms with E-state index in [-0.39, 0.29) is 17.1 Å². The first-order valence-electron chi connectivity index (χ1n) is 9.46. The molecular weight excluding hydrogens is 350 g/mol. The maximum absolute atomic E-state index is 13.4. The van der Waals surface area contributed by atoms with Gasteiger partial charge >= 0.3 is 0 Å². The number of carbonyl (C=O) groups is 1. The average Bonchev–Trinajstić information content (AvgIpc) is 3.17. The summed E-state index contributed by atoms with van der Waals surface area (Å²) in [5.74, 6) is 0.514. The zero-order valence-corrected chi connectivity index (χ0v) is 15.9. The summed E-state index contributed by atoms with van der Waals surface area (Å²) >= 11 is 1.73. The molecule has 1 amide bonds. The molecule has 2 aliphatic rings. The molecule has 5 rings (SSSR count). The predicted octanol–water partition coefficient (Wildman–Crippen LogP) is 4.88. The van der Waals surface area contributed by atoms with Crippen molar-refractivity contribution in [3.05, 3.63) is 101 Å². The fourth-order valence-electron chi connectivity index (χ4n) is 4.27. The smallest absolute Gasteiger partial charge is 0.236 e. The van der Waals surface area contributed by atoms with Gasteiger partial charge in [0.2, 0.25) is 5.91 Å². The van der Waals surface area contributed by atoms with Crippen molar-refractivity contribution in [3.8, 4) is 0 Å². The molecule has 2 heterocycles. The Bertz CT molecular complexity index is 959. The zero-order chi connectivity index (χ0) is 18.2. The van der Waals surface area contributed by atoms with Crippen LogP contribution in [0.5, 0.6) is 0 Å². The Hall–Kier alpha value is -2.52. The molecule has 0 saturated carbocycles. The molecule has 0 spiro atoms. The van der Waals surface area contributed by atoms with E-state index in [9.17, 15) is 4.79 Å². The summed E-state index contributed by atoms with van der Waals surface area (Å²) in [6.07, 6.45) is 0.841. The van der Waals surface area contributed by atoms with Gasteiger partial charge in [0.05, 0.1) is 5.25 Å². The SMILES string of the molecule is O=C(C1Cc2ccccc2S1)N1Cc2ccccc2C(c2ccccc2)C1. The molecule has 2 atom stereocenters. The highest BCUT2D eigenvalue weighted by molar-refractivity contribution is 8.01. The second-order valence-corrected chi connectivity index (χ2v) is 8.54. The number of benzene rings is 3. The number of thioether (sulfide) groups is 1. The normalized spacial score (nSPS) is 20.8. The summed E-state index contributed by atoms with van der Waals surface area (Å²) in [4.78, 5) is 16.7.